The van der Waals surface area contributed by atoms with Crippen molar-refractivity contribution < 1.29 is 56.1 Å². The molecule has 28 heteroatoms. The van der Waals surface area contributed by atoms with E-state index < -0.39 is 25.1 Å². The van der Waals surface area contributed by atoms with Gasteiger partial charge >= 0.3 is 18.2 Å². The molecule has 3 fully saturated rings. The van der Waals surface area contributed by atoms with E-state index in [1.54, 1.807) is 56.8 Å². The molecule has 3 aromatic carbocycles. The largest absolute Gasteiger partial charge is 0.445 e. The number of piperidine rings is 3. The molecule has 4 aliphatic heterocycles. The maximum Gasteiger partial charge on any atom is 0.445 e. The molecule has 2 N–H and O–H groups in total. The van der Waals surface area contributed by atoms with Gasteiger partial charge < -0.3 is 38.5 Å². The number of Topliss-reactive ketones (excluding diaryl/α,β-unsaturated/α-hetero) is 1. The summed E-state index contributed by atoms with van der Waals surface area (Å²) in [6, 6.07) is 27.7. The van der Waals surface area contributed by atoms with Crippen molar-refractivity contribution in [3.63, 3.8) is 0 Å². The Morgan fingerprint density at radius 1 is 0.541 bits per heavy atom. The van der Waals surface area contributed by atoms with Crippen LogP contribution in [-0.4, -0.2) is 158 Å². The van der Waals surface area contributed by atoms with Crippen molar-refractivity contribution >= 4 is 49.7 Å². The van der Waals surface area contributed by atoms with Gasteiger partial charge in [-0.05, 0) is 121 Å². The van der Waals surface area contributed by atoms with Crippen LogP contribution in [-0.2, 0) is 11.2 Å². The summed E-state index contributed by atoms with van der Waals surface area (Å²) in [6.07, 6.45) is 15.7. The predicted octanol–water partition coefficient (Wildman–Crippen LogP) is 12.4. The number of amides is 3. The minimum atomic E-state index is -3.92. The topological polar surface area (TPSA) is 286 Å². The lowest BCUT2D eigenvalue weighted by Crippen LogP contribution is -2.45. The average Bonchev–Trinajstić information content (AvgIpc) is 1.37. The summed E-state index contributed by atoms with van der Waals surface area (Å²) in [5.74, 6) is -2.99. The van der Waals surface area contributed by atoms with E-state index in [-0.39, 0.29) is 77.0 Å². The number of nitrogens with zero attached hydrogens (tertiary/aromatic N) is 15. The zero-order valence-electron chi connectivity index (χ0n) is 57.6. The van der Waals surface area contributed by atoms with Gasteiger partial charge in [0.1, 0.15) is 22.0 Å². The van der Waals surface area contributed by atoms with Gasteiger partial charge in [0, 0.05) is 80.6 Å². The molecule has 0 radical (unpaired) electrons. The van der Waals surface area contributed by atoms with Crippen molar-refractivity contribution in [2.24, 2.45) is 22.0 Å². The van der Waals surface area contributed by atoms with Gasteiger partial charge in [-0.2, -0.15) is 43.2 Å². The Morgan fingerprint density at radius 2 is 0.878 bits per heavy atom. The number of alkyl halides is 3. The molecule has 0 saturated carbocycles. The minimum absolute atomic E-state index is 0.00911. The number of hydrogen-bond acceptors (Lipinski definition) is 19. The predicted molar refractivity (Wildman–Crippen MR) is 363 cm³/mol. The van der Waals surface area contributed by atoms with Crippen molar-refractivity contribution in [3.8, 4) is 11.4 Å². The fourth-order valence-electron chi connectivity index (χ4n) is 11.5. The molecule has 8 aromatic rings. The monoisotopic (exact) mass is 1370 g/mol. The molecule has 0 spiro atoms. The SMILES string of the molecule is CC(=O)c1cc([C@@H]2CC[C@@H](C)N(C(=O)c3ccccc3-n3nccn3)C2)no1.CC(C)C(C)(O)c1cc([C@@H]2CC[C@@H](C)N(C(=O)c3ccccc3-n3nccn3)C2)no1.CC(C)C(C)(O)c1cc([C@@H]2CC[C@@H](C)N(C(=O)c3ccccc3N3N=[C+]C=N3)C2)no1.C[Si](C)(C)C(F)(F)F. The second-order valence-corrected chi connectivity index (χ2v) is 32.5. The van der Waals surface area contributed by atoms with E-state index in [9.17, 15) is 42.6 Å². The average molecular weight is 1370 g/mol. The van der Waals surface area contributed by atoms with E-state index in [0.29, 0.717) is 64.9 Å². The number of likely N-dealkylation sites (tertiary alicyclic amines) is 3. The second-order valence-electron chi connectivity index (χ2n) is 27.5. The number of para-hydroxylation sites is 3. The van der Waals surface area contributed by atoms with E-state index in [2.05, 4.69) is 66.1 Å². The molecule has 3 amide bonds. The van der Waals surface area contributed by atoms with Gasteiger partial charge in [0.05, 0.1) is 69.9 Å². The van der Waals surface area contributed by atoms with Crippen LogP contribution in [0, 0.1) is 11.8 Å². The fraction of sp³-hybridized carbons (Fsp3) is 0.471. The number of hydrazone groups is 2. The molecular weight excluding hydrogens is 1280 g/mol. The molecule has 2 unspecified atom stereocenters. The summed E-state index contributed by atoms with van der Waals surface area (Å²) in [6.45, 7) is 24.3. The maximum absolute atomic E-state index is 13.5. The van der Waals surface area contributed by atoms with Crippen LogP contribution in [0.25, 0.3) is 11.4 Å². The van der Waals surface area contributed by atoms with Crippen LogP contribution in [0.4, 0.5) is 18.9 Å². The number of carbonyl (C=O) groups is 4. The highest BCUT2D eigenvalue weighted by molar-refractivity contribution is 6.78. The summed E-state index contributed by atoms with van der Waals surface area (Å²) in [7, 11) is -2.86. The number of carbonyl (C=O) groups excluding carboxylic acids is 4. The van der Waals surface area contributed by atoms with Gasteiger partial charge in [0.25, 0.3) is 17.7 Å². The van der Waals surface area contributed by atoms with Crippen LogP contribution in [0.15, 0.2) is 140 Å². The lowest BCUT2D eigenvalue weighted by Gasteiger charge is -2.37. The smallest absolute Gasteiger partial charge is 0.382 e. The van der Waals surface area contributed by atoms with Gasteiger partial charge in [-0.1, -0.05) is 109 Å². The number of halogens is 3. The van der Waals surface area contributed by atoms with Crippen molar-refractivity contribution in [1.29, 1.82) is 0 Å². The number of rotatable bonds is 14. The highest BCUT2D eigenvalue weighted by atomic mass is 28.3. The van der Waals surface area contributed by atoms with Gasteiger partial charge in [0.2, 0.25) is 5.76 Å². The molecule has 8 atom stereocenters. The summed E-state index contributed by atoms with van der Waals surface area (Å²) >= 11 is 0. The first kappa shape index (κ1) is 72.9. The summed E-state index contributed by atoms with van der Waals surface area (Å²) in [4.78, 5) is 60.5. The number of benzene rings is 3. The van der Waals surface area contributed by atoms with Crippen LogP contribution < -0.4 is 5.12 Å². The Bertz CT molecular complexity index is 4040. The Balaban J connectivity index is 0.000000163. The van der Waals surface area contributed by atoms with E-state index in [4.69, 9.17) is 13.6 Å². The lowest BCUT2D eigenvalue weighted by atomic mass is 9.87. The number of aromatic nitrogens is 9. The lowest BCUT2D eigenvalue weighted by molar-refractivity contribution is -0.0553. The fourth-order valence-corrected chi connectivity index (χ4v) is 11.5. The Kier molecular flexibility index (Phi) is 22.7. The molecule has 3 saturated heterocycles. The minimum Gasteiger partial charge on any atom is -0.382 e. The van der Waals surface area contributed by atoms with Gasteiger partial charge in [-0.15, -0.1) is 0 Å². The second kappa shape index (κ2) is 30.6. The highest BCUT2D eigenvalue weighted by Gasteiger charge is 2.45. The third-order valence-corrected chi connectivity index (χ3v) is 20.7. The van der Waals surface area contributed by atoms with Gasteiger partial charge in [0.15, 0.2) is 25.4 Å². The van der Waals surface area contributed by atoms with Gasteiger partial charge in [-0.3, -0.25) is 19.2 Å². The zero-order chi connectivity index (χ0) is 71.0. The van der Waals surface area contributed by atoms with Crippen LogP contribution in [0.5, 0.6) is 0 Å². The van der Waals surface area contributed by atoms with Crippen molar-refractivity contribution in [2.45, 2.75) is 180 Å². The number of aliphatic hydroxyl groups is 2. The van der Waals surface area contributed by atoms with Crippen LogP contribution in [0.3, 0.4) is 0 Å². The first-order chi connectivity index (χ1) is 46.4. The van der Waals surface area contributed by atoms with E-state index in [0.717, 1.165) is 55.6 Å². The Hall–Kier alpha value is -9.37. The van der Waals surface area contributed by atoms with Crippen LogP contribution in [0.2, 0.25) is 19.6 Å². The summed E-state index contributed by atoms with van der Waals surface area (Å²) in [5.41, 5.74) is 3.69. The number of hydrogen-bond donors (Lipinski definition) is 2. The van der Waals surface area contributed by atoms with Crippen LogP contribution in [0.1, 0.15) is 196 Å². The van der Waals surface area contributed by atoms with Crippen molar-refractivity contribution in [1.82, 2.24) is 60.2 Å². The van der Waals surface area contributed by atoms with E-state index in [1.807, 2.05) is 122 Å². The molecule has 0 bridgehead atoms. The number of ketones is 1. The third-order valence-electron chi connectivity index (χ3n) is 19.0. The Morgan fingerprint density at radius 3 is 1.20 bits per heavy atom. The summed E-state index contributed by atoms with van der Waals surface area (Å²) < 4.78 is 51.0. The van der Waals surface area contributed by atoms with Crippen molar-refractivity contribution in [3.05, 3.63) is 167 Å². The molecule has 5 aromatic heterocycles. The summed E-state index contributed by atoms with van der Waals surface area (Å²) in [5, 5.41) is 60.2. The first-order valence-electron chi connectivity index (χ1n) is 33.0. The number of anilines is 1. The first-order valence-corrected chi connectivity index (χ1v) is 36.5. The van der Waals surface area contributed by atoms with Crippen LogP contribution >= 0.6 is 0 Å². The molecule has 4 aliphatic rings. The molecule has 12 rings (SSSR count). The highest BCUT2D eigenvalue weighted by Crippen LogP contribution is 2.39. The molecule has 9 heterocycles. The Labute approximate surface area is 568 Å². The normalized spacial score (nSPS) is 20.7. The van der Waals surface area contributed by atoms with E-state index >= 15 is 0 Å². The van der Waals surface area contributed by atoms with Crippen molar-refractivity contribution in [2.75, 3.05) is 24.8 Å². The quantitative estimate of drug-likeness (QED) is 0.0581. The molecular formula is C70H87F3N15O9Si+. The van der Waals surface area contributed by atoms with E-state index in [1.165, 1.54) is 47.5 Å². The third kappa shape index (κ3) is 16.6. The molecule has 0 aliphatic carbocycles. The standard InChI is InChI=1S/C23H29N5O3.C23H28N5O3.C20H21N5O3.C4H9F3Si/c2*1-15(2)23(4,30)21-13-19(26-31-21)17-10-9-16(3)27(14-17)22(29)18-7-5-6-8-20(18)28-24-11-12-25-28;1-13-7-8-15(17-11-19(14(2)26)28-23-17)12-24(13)20(27)16-5-3-4-6-18(16)25-21-9-10-22-25;1-8(2,3)4(5,6)7/h5-8,11-13,15-17,30H,9-10,14H2,1-4H3;5-8,11,13,15-17,30H,9-10,14H2,1-4H3;3-6,9-11,13,15H,7-8,12H2,1-2H3;1-3H3/q;+1;;/t2*16-,17-,23?;13-,15-;/m111./s1. The van der Waals surface area contributed by atoms with Gasteiger partial charge in [-0.25, -0.2) is 0 Å². The molecule has 24 nitrogen and oxygen atoms in total. The maximum atomic E-state index is 13.5. The zero-order valence-corrected chi connectivity index (χ0v) is 58.6. The molecule has 520 valence electrons. The molecule has 98 heavy (non-hydrogen) atoms.